The van der Waals surface area contributed by atoms with Crippen LogP contribution in [0.1, 0.15) is 5.56 Å². The van der Waals surface area contributed by atoms with Gasteiger partial charge in [0.15, 0.2) is 5.69 Å². The molecule has 8 aromatic carbocycles. The molecule has 5 heteroatoms. The molecule has 0 saturated carbocycles. The summed E-state index contributed by atoms with van der Waals surface area (Å²) in [6.07, 6.45) is 0. The molecule has 11 aromatic rings. The summed E-state index contributed by atoms with van der Waals surface area (Å²) < 4.78 is 6.95. The lowest BCUT2D eigenvalue weighted by atomic mass is 10.0. The molecule has 0 radical (unpaired) electrons. The van der Waals surface area contributed by atoms with Crippen LogP contribution in [0.3, 0.4) is 0 Å². The maximum Gasteiger partial charge on any atom is 0.189 e. The average Bonchev–Trinajstić information content (AvgIpc) is 3.89. The minimum absolute atomic E-state index is 0.580. The first-order valence-electron chi connectivity index (χ1n) is 18.3. The Morgan fingerprint density at radius 2 is 0.964 bits per heavy atom. The van der Waals surface area contributed by atoms with Crippen LogP contribution in [0.15, 0.2) is 176 Å². The average molecular weight is 700 g/mol. The molecule has 0 unspecified atom stereocenters. The van der Waals surface area contributed by atoms with Gasteiger partial charge in [-0.15, -0.1) is 0 Å². The number of hydrogen-bond acceptors (Lipinski definition) is 1. The minimum atomic E-state index is 0.580. The number of fused-ring (bicyclic) bond motifs is 9. The molecule has 0 spiro atoms. The zero-order chi connectivity index (χ0) is 36.6. The molecular formula is C50H29N5. The number of para-hydroxylation sites is 5. The Labute approximate surface area is 316 Å². The van der Waals surface area contributed by atoms with Crippen molar-refractivity contribution in [3.8, 4) is 34.3 Å². The molecule has 0 amide bonds. The van der Waals surface area contributed by atoms with E-state index in [1.54, 1.807) is 0 Å². The van der Waals surface area contributed by atoms with Gasteiger partial charge in [-0.2, -0.15) is 5.26 Å². The van der Waals surface area contributed by atoms with E-state index in [0.717, 1.165) is 82.8 Å². The van der Waals surface area contributed by atoms with Gasteiger partial charge >= 0.3 is 0 Å². The molecule has 0 bridgehead atoms. The zero-order valence-corrected chi connectivity index (χ0v) is 29.5. The normalized spacial score (nSPS) is 11.6. The molecule has 0 aliphatic carbocycles. The first-order chi connectivity index (χ1) is 27.2. The van der Waals surface area contributed by atoms with Gasteiger partial charge in [-0.25, -0.2) is 4.85 Å². The molecule has 0 aliphatic rings. The fourth-order valence-electron chi connectivity index (χ4n) is 8.73. The number of rotatable bonds is 4. The van der Waals surface area contributed by atoms with Crippen molar-refractivity contribution in [3.63, 3.8) is 0 Å². The van der Waals surface area contributed by atoms with Crippen LogP contribution >= 0.6 is 0 Å². The maximum atomic E-state index is 10.5. The first kappa shape index (κ1) is 30.7. The molecule has 0 aliphatic heterocycles. The van der Waals surface area contributed by atoms with E-state index in [9.17, 15) is 5.26 Å². The summed E-state index contributed by atoms with van der Waals surface area (Å²) in [5.74, 6) is 0. The van der Waals surface area contributed by atoms with Crippen LogP contribution in [0.25, 0.3) is 98.5 Å². The number of benzene rings is 8. The molecule has 0 fully saturated rings. The monoisotopic (exact) mass is 699 g/mol. The van der Waals surface area contributed by atoms with Gasteiger partial charge in [-0.1, -0.05) is 109 Å². The Morgan fingerprint density at radius 3 is 1.62 bits per heavy atom. The highest BCUT2D eigenvalue weighted by molar-refractivity contribution is 6.15. The molecule has 3 heterocycles. The lowest BCUT2D eigenvalue weighted by molar-refractivity contribution is 1.13. The molecule has 3 aromatic heterocycles. The second kappa shape index (κ2) is 11.8. The summed E-state index contributed by atoms with van der Waals surface area (Å²) in [4.78, 5) is 3.74. The van der Waals surface area contributed by atoms with Gasteiger partial charge in [0.05, 0.1) is 51.5 Å². The highest BCUT2D eigenvalue weighted by Crippen LogP contribution is 2.41. The van der Waals surface area contributed by atoms with E-state index in [-0.39, 0.29) is 0 Å². The van der Waals surface area contributed by atoms with E-state index < -0.39 is 0 Å². The van der Waals surface area contributed by atoms with Crippen LogP contribution in [-0.2, 0) is 0 Å². The predicted octanol–water partition coefficient (Wildman–Crippen LogP) is 13.1. The molecule has 254 valence electrons. The first-order valence-corrected chi connectivity index (χ1v) is 18.3. The van der Waals surface area contributed by atoms with Gasteiger partial charge in [0.1, 0.15) is 0 Å². The summed E-state index contributed by atoms with van der Waals surface area (Å²) in [6.45, 7) is 7.70. The van der Waals surface area contributed by atoms with Crippen molar-refractivity contribution in [2.24, 2.45) is 0 Å². The standard InChI is InChI=1S/C50H29N5/c1-52-35-24-25-42-40-16-2-6-19-44(40)53(49(42)30-35)36-13-10-12-33(28-36)34-26-32(31-51)27-37(29-34)54-45-20-7-5-17-41(45)43-18-11-23-48(50(43)54)55-46-21-8-3-14-38(46)39-15-4-9-22-47(39)55/h2-30H. The van der Waals surface area contributed by atoms with Crippen molar-refractivity contribution in [1.29, 1.82) is 5.26 Å². The van der Waals surface area contributed by atoms with Crippen molar-refractivity contribution < 1.29 is 0 Å². The highest BCUT2D eigenvalue weighted by Gasteiger charge is 2.21. The third-order valence-electron chi connectivity index (χ3n) is 11.0. The fourth-order valence-corrected chi connectivity index (χ4v) is 8.73. The molecule has 55 heavy (non-hydrogen) atoms. The summed E-state index contributed by atoms with van der Waals surface area (Å²) in [5.41, 5.74) is 12.6. The van der Waals surface area contributed by atoms with Crippen molar-refractivity contribution in [2.75, 3.05) is 0 Å². The molecule has 0 atom stereocenters. The third-order valence-corrected chi connectivity index (χ3v) is 11.0. The Hall–Kier alpha value is -7.86. The largest absolute Gasteiger partial charge is 0.310 e. The van der Waals surface area contributed by atoms with E-state index in [1.807, 2.05) is 30.3 Å². The Balaban J connectivity index is 1.17. The van der Waals surface area contributed by atoms with Gasteiger partial charge in [-0.05, 0) is 77.9 Å². The van der Waals surface area contributed by atoms with Crippen molar-refractivity contribution in [2.45, 2.75) is 0 Å². The van der Waals surface area contributed by atoms with Gasteiger partial charge in [0.25, 0.3) is 0 Å². The predicted molar refractivity (Wildman–Crippen MR) is 226 cm³/mol. The van der Waals surface area contributed by atoms with Crippen LogP contribution in [0, 0.1) is 17.9 Å². The van der Waals surface area contributed by atoms with E-state index >= 15 is 0 Å². The van der Waals surface area contributed by atoms with Crippen LogP contribution in [0.2, 0.25) is 0 Å². The number of aromatic nitrogens is 3. The van der Waals surface area contributed by atoms with Gasteiger partial charge in [0, 0.05) is 49.2 Å². The second-order valence-electron chi connectivity index (χ2n) is 14.0. The summed E-state index contributed by atoms with van der Waals surface area (Å²) in [5, 5.41) is 17.5. The molecule has 0 saturated heterocycles. The lowest BCUT2D eigenvalue weighted by Gasteiger charge is -2.16. The quantitative estimate of drug-likeness (QED) is 0.169. The molecule has 0 N–H and O–H groups in total. The van der Waals surface area contributed by atoms with E-state index in [0.29, 0.717) is 11.3 Å². The summed E-state index contributed by atoms with van der Waals surface area (Å²) >= 11 is 0. The summed E-state index contributed by atoms with van der Waals surface area (Å²) in [7, 11) is 0. The number of hydrogen-bond donors (Lipinski definition) is 0. The Bertz CT molecular complexity index is 3420. The Morgan fingerprint density at radius 1 is 0.418 bits per heavy atom. The van der Waals surface area contributed by atoms with E-state index in [4.69, 9.17) is 6.57 Å². The lowest BCUT2D eigenvalue weighted by Crippen LogP contribution is -2.01. The number of nitriles is 1. The maximum absolute atomic E-state index is 10.5. The van der Waals surface area contributed by atoms with Crippen LogP contribution in [0.5, 0.6) is 0 Å². The van der Waals surface area contributed by atoms with Gasteiger partial charge in [0.2, 0.25) is 0 Å². The topological polar surface area (TPSA) is 42.9 Å². The molecule has 5 nitrogen and oxygen atoms in total. The van der Waals surface area contributed by atoms with Crippen molar-refractivity contribution in [1.82, 2.24) is 13.7 Å². The van der Waals surface area contributed by atoms with Crippen molar-refractivity contribution >= 4 is 71.1 Å². The van der Waals surface area contributed by atoms with Crippen LogP contribution < -0.4 is 0 Å². The van der Waals surface area contributed by atoms with E-state index in [1.165, 1.54) is 10.8 Å². The van der Waals surface area contributed by atoms with E-state index in [2.05, 4.69) is 170 Å². The van der Waals surface area contributed by atoms with Gasteiger partial charge in [-0.3, -0.25) is 0 Å². The summed E-state index contributed by atoms with van der Waals surface area (Å²) in [6, 6.07) is 63.7. The zero-order valence-electron chi connectivity index (χ0n) is 29.5. The minimum Gasteiger partial charge on any atom is -0.310 e. The molecular weight excluding hydrogens is 671 g/mol. The fraction of sp³-hybridized carbons (Fsp3) is 0. The second-order valence-corrected chi connectivity index (χ2v) is 14.0. The molecule has 11 rings (SSSR count). The van der Waals surface area contributed by atoms with Crippen LogP contribution in [-0.4, -0.2) is 13.7 Å². The highest BCUT2D eigenvalue weighted by atomic mass is 15.1. The Kier molecular flexibility index (Phi) is 6.61. The SMILES string of the molecule is [C-]#[N+]c1ccc2c3ccccc3n(-c3cccc(-c4cc(C#N)cc(-n5c6ccccc6c6cccc(-n7c8ccccc8c8ccccc87)c65)c4)c3)c2c1. The third kappa shape index (κ3) is 4.51. The van der Waals surface area contributed by atoms with Crippen molar-refractivity contribution in [3.05, 3.63) is 193 Å². The van der Waals surface area contributed by atoms with Gasteiger partial charge < -0.3 is 13.7 Å². The smallest absolute Gasteiger partial charge is 0.189 e. The van der Waals surface area contributed by atoms with Crippen LogP contribution in [0.4, 0.5) is 5.69 Å². The number of nitrogens with zero attached hydrogens (tertiary/aromatic N) is 5.